The molecule has 21 heavy (non-hydrogen) atoms. The molecule has 2 amide bonds. The SMILES string of the molecule is CC(CCNC(=O)N(C)Cc1ccc(Cl)s1)CCC(=O)O. The summed E-state index contributed by atoms with van der Waals surface area (Å²) in [5.74, 6) is -0.497. The van der Waals surface area contributed by atoms with Gasteiger partial charge in [-0.05, 0) is 30.9 Å². The number of carbonyl (C=O) groups excluding carboxylic acids is 1. The maximum atomic E-state index is 11.9. The van der Waals surface area contributed by atoms with Crippen molar-refractivity contribution in [2.75, 3.05) is 13.6 Å². The number of nitrogens with one attached hydrogen (secondary N) is 1. The van der Waals surface area contributed by atoms with Crippen molar-refractivity contribution in [2.45, 2.75) is 32.7 Å². The number of aliphatic carboxylic acids is 1. The van der Waals surface area contributed by atoms with Crippen LogP contribution >= 0.6 is 22.9 Å². The van der Waals surface area contributed by atoms with E-state index in [1.807, 2.05) is 19.1 Å². The number of hydrogen-bond donors (Lipinski definition) is 2. The first-order valence-electron chi connectivity index (χ1n) is 6.83. The third kappa shape index (κ3) is 7.34. The van der Waals surface area contributed by atoms with Crippen LogP contribution in [0.15, 0.2) is 12.1 Å². The van der Waals surface area contributed by atoms with Crippen LogP contribution in [0, 0.1) is 5.92 Å². The minimum atomic E-state index is -0.778. The molecule has 0 aliphatic heterocycles. The lowest BCUT2D eigenvalue weighted by atomic mass is 10.0. The predicted octanol–water partition coefficient (Wildman–Crippen LogP) is 3.43. The highest BCUT2D eigenvalue weighted by molar-refractivity contribution is 7.16. The zero-order valence-corrected chi connectivity index (χ0v) is 13.8. The molecule has 0 radical (unpaired) electrons. The normalized spacial score (nSPS) is 12.0. The molecule has 0 saturated carbocycles. The second-order valence-corrected chi connectivity index (χ2v) is 6.92. The van der Waals surface area contributed by atoms with Crippen LogP contribution in [0.2, 0.25) is 4.34 Å². The Balaban J connectivity index is 2.22. The van der Waals surface area contributed by atoms with Crippen molar-refractivity contribution < 1.29 is 14.7 Å². The first kappa shape index (κ1) is 17.8. The molecule has 0 bridgehead atoms. The fourth-order valence-corrected chi connectivity index (χ4v) is 2.96. The van der Waals surface area contributed by atoms with Gasteiger partial charge in [0.2, 0.25) is 0 Å². The van der Waals surface area contributed by atoms with E-state index in [1.165, 1.54) is 11.3 Å². The third-order valence-corrected chi connectivity index (χ3v) is 4.35. The molecule has 1 aromatic rings. The Morgan fingerprint density at radius 1 is 1.43 bits per heavy atom. The number of carboxylic acids is 1. The van der Waals surface area contributed by atoms with Crippen LogP contribution in [-0.2, 0) is 11.3 Å². The van der Waals surface area contributed by atoms with Crippen LogP contribution in [0.25, 0.3) is 0 Å². The second-order valence-electron chi connectivity index (χ2n) is 5.12. The van der Waals surface area contributed by atoms with Crippen molar-refractivity contribution >= 4 is 34.9 Å². The van der Waals surface area contributed by atoms with Gasteiger partial charge in [-0.1, -0.05) is 18.5 Å². The van der Waals surface area contributed by atoms with E-state index >= 15 is 0 Å². The fourth-order valence-electron chi connectivity index (χ4n) is 1.82. The van der Waals surface area contributed by atoms with E-state index in [0.29, 0.717) is 23.8 Å². The Bertz CT molecular complexity index is 479. The number of urea groups is 1. The molecule has 118 valence electrons. The molecule has 0 aliphatic carbocycles. The largest absolute Gasteiger partial charge is 0.481 e. The van der Waals surface area contributed by atoms with Gasteiger partial charge in [0.05, 0.1) is 10.9 Å². The minimum absolute atomic E-state index is 0.134. The van der Waals surface area contributed by atoms with E-state index in [9.17, 15) is 9.59 Å². The number of hydrogen-bond acceptors (Lipinski definition) is 3. The Hall–Kier alpha value is -1.27. The average Bonchev–Trinajstić information content (AvgIpc) is 2.81. The highest BCUT2D eigenvalue weighted by Gasteiger charge is 2.11. The van der Waals surface area contributed by atoms with Gasteiger partial charge in [0.1, 0.15) is 0 Å². The summed E-state index contributed by atoms with van der Waals surface area (Å²) in [6.07, 6.45) is 1.58. The molecule has 2 N–H and O–H groups in total. The van der Waals surface area contributed by atoms with Gasteiger partial charge in [0.25, 0.3) is 0 Å². The van der Waals surface area contributed by atoms with Crippen molar-refractivity contribution in [1.82, 2.24) is 10.2 Å². The average molecular weight is 333 g/mol. The highest BCUT2D eigenvalue weighted by atomic mass is 35.5. The van der Waals surface area contributed by atoms with Crippen molar-refractivity contribution in [3.05, 3.63) is 21.3 Å². The van der Waals surface area contributed by atoms with Gasteiger partial charge in [-0.2, -0.15) is 0 Å². The molecule has 7 heteroatoms. The quantitative estimate of drug-likeness (QED) is 0.766. The summed E-state index contributed by atoms with van der Waals surface area (Å²) in [5, 5.41) is 11.4. The lowest BCUT2D eigenvalue weighted by Gasteiger charge is -2.18. The maximum absolute atomic E-state index is 11.9. The summed E-state index contributed by atoms with van der Waals surface area (Å²) in [4.78, 5) is 25.0. The first-order chi connectivity index (χ1) is 9.88. The van der Waals surface area contributed by atoms with Crippen LogP contribution in [0.5, 0.6) is 0 Å². The summed E-state index contributed by atoms with van der Waals surface area (Å²) in [6.45, 7) is 3.07. The number of thiophene rings is 1. The summed E-state index contributed by atoms with van der Waals surface area (Å²) >= 11 is 7.31. The van der Waals surface area contributed by atoms with Crippen LogP contribution in [-0.4, -0.2) is 35.6 Å². The minimum Gasteiger partial charge on any atom is -0.481 e. The summed E-state index contributed by atoms with van der Waals surface area (Å²) in [6, 6.07) is 3.59. The Kier molecular flexibility index (Phi) is 7.53. The van der Waals surface area contributed by atoms with Crippen LogP contribution in [0.1, 0.15) is 31.1 Å². The summed E-state index contributed by atoms with van der Waals surface area (Å²) in [7, 11) is 1.73. The molecule has 0 aliphatic rings. The fraction of sp³-hybridized carbons (Fsp3) is 0.571. The summed E-state index contributed by atoms with van der Waals surface area (Å²) in [5.41, 5.74) is 0. The van der Waals surface area contributed by atoms with E-state index in [1.54, 1.807) is 11.9 Å². The number of carbonyl (C=O) groups is 2. The lowest BCUT2D eigenvalue weighted by molar-refractivity contribution is -0.137. The maximum Gasteiger partial charge on any atom is 0.317 e. The molecule has 0 spiro atoms. The van der Waals surface area contributed by atoms with Gasteiger partial charge in [-0.15, -0.1) is 11.3 Å². The number of carboxylic acid groups (broad SMARTS) is 1. The number of nitrogens with zero attached hydrogens (tertiary/aromatic N) is 1. The highest BCUT2D eigenvalue weighted by Crippen LogP contribution is 2.22. The zero-order chi connectivity index (χ0) is 15.8. The number of halogens is 1. The third-order valence-electron chi connectivity index (χ3n) is 3.13. The molecule has 1 aromatic heterocycles. The van der Waals surface area contributed by atoms with Crippen LogP contribution in [0.4, 0.5) is 4.79 Å². The number of rotatable bonds is 8. The van der Waals surface area contributed by atoms with Gasteiger partial charge >= 0.3 is 12.0 Å². The molecule has 5 nitrogen and oxygen atoms in total. The molecule has 1 unspecified atom stereocenters. The van der Waals surface area contributed by atoms with Gasteiger partial charge in [0, 0.05) is 24.9 Å². The van der Waals surface area contributed by atoms with E-state index in [4.69, 9.17) is 16.7 Å². The van der Waals surface area contributed by atoms with Gasteiger partial charge < -0.3 is 15.3 Å². The van der Waals surface area contributed by atoms with E-state index in [-0.39, 0.29) is 18.4 Å². The van der Waals surface area contributed by atoms with E-state index in [2.05, 4.69) is 5.32 Å². The van der Waals surface area contributed by atoms with E-state index < -0.39 is 5.97 Å². The molecule has 1 atom stereocenters. The molecular formula is C14H21ClN2O3S. The second kappa shape index (κ2) is 8.89. The van der Waals surface area contributed by atoms with Gasteiger partial charge in [-0.3, -0.25) is 4.79 Å². The van der Waals surface area contributed by atoms with Gasteiger partial charge in [-0.25, -0.2) is 4.79 Å². The monoisotopic (exact) mass is 332 g/mol. The van der Waals surface area contributed by atoms with E-state index in [0.717, 1.165) is 11.3 Å². The molecule has 1 rings (SSSR count). The van der Waals surface area contributed by atoms with Crippen molar-refractivity contribution in [3.63, 3.8) is 0 Å². The standard InChI is InChI=1S/C14H21ClN2O3S/c1-10(3-6-13(18)19)7-8-16-14(20)17(2)9-11-4-5-12(15)21-11/h4-5,10H,3,6-9H2,1-2H3,(H,16,20)(H,18,19). The topological polar surface area (TPSA) is 69.6 Å². The smallest absolute Gasteiger partial charge is 0.317 e. The molecule has 0 saturated heterocycles. The van der Waals surface area contributed by atoms with Crippen LogP contribution < -0.4 is 5.32 Å². The molecular weight excluding hydrogens is 312 g/mol. The first-order valence-corrected chi connectivity index (χ1v) is 8.03. The lowest BCUT2D eigenvalue weighted by Crippen LogP contribution is -2.37. The Labute approximate surface area is 133 Å². The Morgan fingerprint density at radius 2 is 2.14 bits per heavy atom. The molecule has 0 aromatic carbocycles. The summed E-state index contributed by atoms with van der Waals surface area (Å²) < 4.78 is 0.714. The zero-order valence-electron chi connectivity index (χ0n) is 12.3. The van der Waals surface area contributed by atoms with Crippen LogP contribution in [0.3, 0.4) is 0 Å². The van der Waals surface area contributed by atoms with Crippen molar-refractivity contribution in [3.8, 4) is 0 Å². The number of amides is 2. The van der Waals surface area contributed by atoms with Gasteiger partial charge in [0.15, 0.2) is 0 Å². The molecule has 1 heterocycles. The van der Waals surface area contributed by atoms with Crippen molar-refractivity contribution in [2.24, 2.45) is 5.92 Å². The van der Waals surface area contributed by atoms with Crippen molar-refractivity contribution in [1.29, 1.82) is 0 Å². The Morgan fingerprint density at radius 3 is 2.71 bits per heavy atom. The molecule has 0 fully saturated rings. The predicted molar refractivity (Wildman–Crippen MR) is 84.8 cm³/mol.